The third-order valence-corrected chi connectivity index (χ3v) is 6.38. The van der Waals surface area contributed by atoms with Gasteiger partial charge in [0.15, 0.2) is 5.13 Å². The molecule has 0 spiro atoms. The predicted octanol–water partition coefficient (Wildman–Crippen LogP) is 6.64. The Hall–Kier alpha value is -1.37. The molecule has 0 radical (unpaired) electrons. The van der Waals surface area contributed by atoms with Gasteiger partial charge in [0.2, 0.25) is 0 Å². The molecular weight excluding hydrogens is 422 g/mol. The summed E-state index contributed by atoms with van der Waals surface area (Å²) in [7, 11) is 0. The van der Waals surface area contributed by atoms with E-state index in [9.17, 15) is 0 Å². The zero-order valence-corrected chi connectivity index (χ0v) is 16.6. The number of anilines is 1. The summed E-state index contributed by atoms with van der Waals surface area (Å²) >= 11 is 10.9. The van der Waals surface area contributed by atoms with Gasteiger partial charge in [0.1, 0.15) is 16.7 Å². The van der Waals surface area contributed by atoms with Gasteiger partial charge >= 0.3 is 0 Å². The molecule has 0 saturated heterocycles. The van der Waals surface area contributed by atoms with E-state index < -0.39 is 0 Å². The number of benzene rings is 1. The minimum Gasteiger partial charge on any atom is -0.456 e. The predicted molar refractivity (Wildman–Crippen MR) is 107 cm³/mol. The first-order valence-electron chi connectivity index (χ1n) is 8.33. The number of pyridine rings is 1. The molecule has 2 aromatic heterocycles. The fourth-order valence-corrected chi connectivity index (χ4v) is 4.45. The second-order valence-corrected chi connectivity index (χ2v) is 8.42. The largest absolute Gasteiger partial charge is 0.456 e. The number of aromatic nitrogens is 2. The maximum atomic E-state index is 5.92. The van der Waals surface area contributed by atoms with Gasteiger partial charge in [-0.3, -0.25) is 0 Å². The molecule has 1 fully saturated rings. The van der Waals surface area contributed by atoms with Gasteiger partial charge in [0, 0.05) is 12.1 Å². The molecule has 2 heterocycles. The Bertz CT molecular complexity index is 895. The van der Waals surface area contributed by atoms with Gasteiger partial charge in [-0.15, -0.1) is 0 Å². The Morgan fingerprint density at radius 2 is 2.00 bits per heavy atom. The van der Waals surface area contributed by atoms with Crippen LogP contribution in [0.15, 0.2) is 34.9 Å². The van der Waals surface area contributed by atoms with Crippen molar-refractivity contribution in [3.05, 3.63) is 40.1 Å². The highest BCUT2D eigenvalue weighted by molar-refractivity contribution is 9.10. The molecular formula is C18H17BrClN3OS. The number of hydrogen-bond donors (Lipinski definition) is 1. The van der Waals surface area contributed by atoms with Crippen molar-refractivity contribution >= 4 is 54.2 Å². The molecule has 3 aromatic rings. The number of halogens is 2. The zero-order valence-electron chi connectivity index (χ0n) is 13.5. The molecule has 1 aliphatic rings. The number of fused-ring (bicyclic) bond motifs is 1. The van der Waals surface area contributed by atoms with E-state index in [1.807, 2.05) is 24.3 Å². The quantitative estimate of drug-likeness (QED) is 0.464. The second-order valence-electron chi connectivity index (χ2n) is 6.17. The summed E-state index contributed by atoms with van der Waals surface area (Å²) in [6.07, 6.45) is 8.07. The molecule has 1 N–H and O–H groups in total. The van der Waals surface area contributed by atoms with Crippen LogP contribution in [0.2, 0.25) is 5.15 Å². The lowest BCUT2D eigenvalue weighted by atomic mass is 9.96. The fraction of sp³-hybridized carbons (Fsp3) is 0.333. The van der Waals surface area contributed by atoms with E-state index in [-0.39, 0.29) is 0 Å². The van der Waals surface area contributed by atoms with Crippen LogP contribution in [0, 0.1) is 0 Å². The molecule has 1 aromatic carbocycles. The Balaban J connectivity index is 1.52. The third kappa shape index (κ3) is 4.07. The van der Waals surface area contributed by atoms with Crippen LogP contribution in [0.25, 0.3) is 10.2 Å². The topological polar surface area (TPSA) is 47.0 Å². The summed E-state index contributed by atoms with van der Waals surface area (Å²) in [6.45, 7) is 0. The molecule has 4 nitrogen and oxygen atoms in total. The number of nitrogens with zero attached hydrogens (tertiary/aromatic N) is 2. The summed E-state index contributed by atoms with van der Waals surface area (Å²) in [5, 5.41) is 5.00. The van der Waals surface area contributed by atoms with Crippen LogP contribution in [0.4, 0.5) is 5.13 Å². The molecule has 0 aliphatic heterocycles. The standard InChI is InChI=1S/C18H17BrClN3OS/c19-14-8-13(10-21-17(14)20)24-12-6-7-15-16(9-12)25-18(23-15)22-11-4-2-1-3-5-11/h6-11H,1-5H2,(H,22,23). The van der Waals surface area contributed by atoms with Gasteiger partial charge < -0.3 is 10.1 Å². The SMILES string of the molecule is Clc1ncc(Oc2ccc3nc(NC4CCCCC4)sc3c2)cc1Br. The molecule has 1 aliphatic carbocycles. The monoisotopic (exact) mass is 437 g/mol. The van der Waals surface area contributed by atoms with Crippen LogP contribution >= 0.6 is 38.9 Å². The summed E-state index contributed by atoms with van der Waals surface area (Å²) in [6, 6.07) is 8.30. The van der Waals surface area contributed by atoms with E-state index in [4.69, 9.17) is 21.3 Å². The lowest BCUT2D eigenvalue weighted by Gasteiger charge is -2.22. The molecule has 1 saturated carbocycles. The molecule has 130 valence electrons. The average Bonchev–Trinajstić information content (AvgIpc) is 3.00. The molecule has 0 atom stereocenters. The van der Waals surface area contributed by atoms with Gasteiger partial charge in [-0.2, -0.15) is 0 Å². The van der Waals surface area contributed by atoms with Crippen LogP contribution < -0.4 is 10.1 Å². The molecule has 0 bridgehead atoms. The fourth-order valence-electron chi connectivity index (χ4n) is 3.05. The van der Waals surface area contributed by atoms with Crippen molar-refractivity contribution in [1.29, 1.82) is 0 Å². The Labute approximate surface area is 163 Å². The summed E-state index contributed by atoms with van der Waals surface area (Å²) in [5.41, 5.74) is 0.992. The van der Waals surface area contributed by atoms with Crippen LogP contribution in [-0.4, -0.2) is 16.0 Å². The lowest BCUT2D eigenvalue weighted by Crippen LogP contribution is -2.21. The minimum absolute atomic E-state index is 0.420. The van der Waals surface area contributed by atoms with Crippen molar-refractivity contribution in [2.75, 3.05) is 5.32 Å². The lowest BCUT2D eigenvalue weighted by molar-refractivity contribution is 0.462. The molecule has 25 heavy (non-hydrogen) atoms. The van der Waals surface area contributed by atoms with Gasteiger partial charge in [0.05, 0.1) is 20.9 Å². The van der Waals surface area contributed by atoms with Crippen LogP contribution in [0.1, 0.15) is 32.1 Å². The van der Waals surface area contributed by atoms with E-state index in [0.717, 1.165) is 21.1 Å². The number of thiazole rings is 1. The third-order valence-electron chi connectivity index (χ3n) is 4.30. The molecule has 0 unspecified atom stereocenters. The van der Waals surface area contributed by atoms with E-state index >= 15 is 0 Å². The highest BCUT2D eigenvalue weighted by atomic mass is 79.9. The molecule has 7 heteroatoms. The Kier molecular flexibility index (Phi) is 5.10. The maximum absolute atomic E-state index is 5.92. The van der Waals surface area contributed by atoms with Gasteiger partial charge in [-0.25, -0.2) is 9.97 Å². The minimum atomic E-state index is 0.420. The van der Waals surface area contributed by atoms with Crippen molar-refractivity contribution in [2.24, 2.45) is 0 Å². The van der Waals surface area contributed by atoms with Crippen LogP contribution in [0.5, 0.6) is 11.5 Å². The molecule has 4 rings (SSSR count). The van der Waals surface area contributed by atoms with E-state index in [0.29, 0.717) is 21.4 Å². The van der Waals surface area contributed by atoms with E-state index in [1.54, 1.807) is 17.5 Å². The van der Waals surface area contributed by atoms with Crippen molar-refractivity contribution in [3.8, 4) is 11.5 Å². The Morgan fingerprint density at radius 1 is 1.16 bits per heavy atom. The smallest absolute Gasteiger partial charge is 0.184 e. The van der Waals surface area contributed by atoms with Crippen LogP contribution in [0.3, 0.4) is 0 Å². The van der Waals surface area contributed by atoms with Crippen molar-refractivity contribution in [3.63, 3.8) is 0 Å². The Morgan fingerprint density at radius 3 is 2.80 bits per heavy atom. The molecule has 0 amide bonds. The highest BCUT2D eigenvalue weighted by Crippen LogP contribution is 2.33. The number of nitrogens with one attached hydrogen (secondary N) is 1. The number of rotatable bonds is 4. The zero-order chi connectivity index (χ0) is 17.2. The van der Waals surface area contributed by atoms with Crippen LogP contribution in [-0.2, 0) is 0 Å². The van der Waals surface area contributed by atoms with E-state index in [2.05, 4.69) is 26.2 Å². The van der Waals surface area contributed by atoms with E-state index in [1.165, 1.54) is 32.1 Å². The average molecular weight is 439 g/mol. The van der Waals surface area contributed by atoms with Gasteiger partial charge in [0.25, 0.3) is 0 Å². The number of hydrogen-bond acceptors (Lipinski definition) is 5. The second kappa shape index (κ2) is 7.48. The van der Waals surface area contributed by atoms with Crippen molar-refractivity contribution in [1.82, 2.24) is 9.97 Å². The first-order chi connectivity index (χ1) is 12.2. The summed E-state index contributed by atoms with van der Waals surface area (Å²) < 4.78 is 7.71. The first kappa shape index (κ1) is 17.1. The van der Waals surface area contributed by atoms with Crippen molar-refractivity contribution < 1.29 is 4.74 Å². The number of ether oxygens (including phenoxy) is 1. The van der Waals surface area contributed by atoms with Crippen molar-refractivity contribution in [2.45, 2.75) is 38.1 Å². The summed E-state index contributed by atoms with van der Waals surface area (Å²) in [5.74, 6) is 1.40. The first-order valence-corrected chi connectivity index (χ1v) is 10.3. The highest BCUT2D eigenvalue weighted by Gasteiger charge is 2.15. The normalized spacial score (nSPS) is 15.4. The summed E-state index contributed by atoms with van der Waals surface area (Å²) in [4.78, 5) is 8.78. The maximum Gasteiger partial charge on any atom is 0.184 e. The van der Waals surface area contributed by atoms with Gasteiger partial charge in [-0.05, 0) is 47.0 Å². The van der Waals surface area contributed by atoms with Gasteiger partial charge in [-0.1, -0.05) is 42.2 Å².